The molecule has 1 N–H and O–H groups in total. The van der Waals surface area contributed by atoms with Gasteiger partial charge in [-0.2, -0.15) is 11.3 Å². The van der Waals surface area contributed by atoms with Crippen molar-refractivity contribution < 1.29 is 9.84 Å². The standard InChI is InChI=1S/C16H14O2S/c17-15-9-13-3-1-2-4-14(13)10-16(15)18-7-5-12-6-8-19-11-12/h1-4,6,8-11,17H,5,7H2. The highest BCUT2D eigenvalue weighted by Gasteiger charge is 2.05. The smallest absolute Gasteiger partial charge is 0.161 e. The van der Waals surface area contributed by atoms with Gasteiger partial charge < -0.3 is 9.84 Å². The van der Waals surface area contributed by atoms with Crippen molar-refractivity contribution in [2.24, 2.45) is 0 Å². The zero-order valence-corrected chi connectivity index (χ0v) is 11.2. The highest BCUT2D eigenvalue weighted by Crippen LogP contribution is 2.31. The monoisotopic (exact) mass is 270 g/mol. The minimum absolute atomic E-state index is 0.198. The van der Waals surface area contributed by atoms with Crippen LogP contribution in [0.25, 0.3) is 10.8 Å². The molecule has 1 heterocycles. The second-order valence-electron chi connectivity index (χ2n) is 4.40. The van der Waals surface area contributed by atoms with Gasteiger partial charge in [-0.05, 0) is 45.3 Å². The van der Waals surface area contributed by atoms with Crippen molar-refractivity contribution in [2.45, 2.75) is 6.42 Å². The van der Waals surface area contributed by atoms with E-state index in [1.807, 2.05) is 30.3 Å². The minimum Gasteiger partial charge on any atom is -0.504 e. The number of benzene rings is 2. The van der Waals surface area contributed by atoms with E-state index in [9.17, 15) is 5.11 Å². The quantitative estimate of drug-likeness (QED) is 0.768. The van der Waals surface area contributed by atoms with Gasteiger partial charge in [-0.1, -0.05) is 24.3 Å². The van der Waals surface area contributed by atoms with Gasteiger partial charge in [0, 0.05) is 6.42 Å². The van der Waals surface area contributed by atoms with Crippen molar-refractivity contribution in [1.29, 1.82) is 0 Å². The van der Waals surface area contributed by atoms with Crippen LogP contribution in [0.5, 0.6) is 11.5 Å². The van der Waals surface area contributed by atoms with Crippen LogP contribution >= 0.6 is 11.3 Å². The van der Waals surface area contributed by atoms with Gasteiger partial charge in [-0.3, -0.25) is 0 Å². The summed E-state index contributed by atoms with van der Waals surface area (Å²) in [6.07, 6.45) is 0.857. The Kier molecular flexibility index (Phi) is 3.38. The SMILES string of the molecule is Oc1cc2ccccc2cc1OCCc1ccsc1. The van der Waals surface area contributed by atoms with Crippen molar-refractivity contribution >= 4 is 22.1 Å². The van der Waals surface area contributed by atoms with Gasteiger partial charge in [0.05, 0.1) is 6.61 Å². The molecule has 0 spiro atoms. The maximum atomic E-state index is 9.94. The summed E-state index contributed by atoms with van der Waals surface area (Å²) >= 11 is 1.69. The van der Waals surface area contributed by atoms with Crippen molar-refractivity contribution in [3.63, 3.8) is 0 Å². The maximum Gasteiger partial charge on any atom is 0.161 e. The molecule has 0 aliphatic heterocycles. The number of hydrogen-bond donors (Lipinski definition) is 1. The van der Waals surface area contributed by atoms with E-state index in [0.717, 1.165) is 17.2 Å². The average Bonchev–Trinajstić information content (AvgIpc) is 2.92. The molecule has 1 aromatic heterocycles. The molecule has 19 heavy (non-hydrogen) atoms. The fourth-order valence-corrected chi connectivity index (χ4v) is 2.74. The molecule has 0 amide bonds. The van der Waals surface area contributed by atoms with E-state index < -0.39 is 0 Å². The topological polar surface area (TPSA) is 29.5 Å². The van der Waals surface area contributed by atoms with Crippen LogP contribution in [0.1, 0.15) is 5.56 Å². The Morgan fingerprint density at radius 1 is 1.05 bits per heavy atom. The first-order valence-corrected chi connectivity index (χ1v) is 7.13. The molecule has 0 radical (unpaired) electrons. The van der Waals surface area contributed by atoms with Crippen LogP contribution in [-0.4, -0.2) is 11.7 Å². The zero-order valence-electron chi connectivity index (χ0n) is 10.4. The normalized spacial score (nSPS) is 10.7. The van der Waals surface area contributed by atoms with Gasteiger partial charge in [0.25, 0.3) is 0 Å². The van der Waals surface area contributed by atoms with E-state index >= 15 is 0 Å². The number of aromatic hydroxyl groups is 1. The molecule has 3 heteroatoms. The number of ether oxygens (including phenoxy) is 1. The third-order valence-electron chi connectivity index (χ3n) is 3.06. The van der Waals surface area contributed by atoms with Crippen molar-refractivity contribution in [2.75, 3.05) is 6.61 Å². The largest absolute Gasteiger partial charge is 0.504 e. The molecule has 0 saturated heterocycles. The first-order chi connectivity index (χ1) is 9.33. The Labute approximate surface area is 115 Å². The van der Waals surface area contributed by atoms with E-state index in [2.05, 4.69) is 16.8 Å². The molecule has 96 valence electrons. The Morgan fingerprint density at radius 2 is 1.84 bits per heavy atom. The first kappa shape index (κ1) is 12.1. The van der Waals surface area contributed by atoms with Crippen LogP contribution in [0.2, 0.25) is 0 Å². The van der Waals surface area contributed by atoms with Gasteiger partial charge in [-0.15, -0.1) is 0 Å². The summed E-state index contributed by atoms with van der Waals surface area (Å²) in [5.41, 5.74) is 1.27. The molecule has 0 saturated carbocycles. The van der Waals surface area contributed by atoms with Crippen molar-refractivity contribution in [1.82, 2.24) is 0 Å². The number of thiophene rings is 1. The highest BCUT2D eigenvalue weighted by atomic mass is 32.1. The fourth-order valence-electron chi connectivity index (χ4n) is 2.04. The molecule has 0 aliphatic rings. The number of phenols is 1. The lowest BCUT2D eigenvalue weighted by Gasteiger charge is -2.09. The lowest BCUT2D eigenvalue weighted by Crippen LogP contribution is -2.00. The highest BCUT2D eigenvalue weighted by molar-refractivity contribution is 7.07. The number of rotatable bonds is 4. The van der Waals surface area contributed by atoms with Crippen LogP contribution in [0, 0.1) is 0 Å². The lowest BCUT2D eigenvalue weighted by molar-refractivity contribution is 0.304. The minimum atomic E-state index is 0.198. The van der Waals surface area contributed by atoms with E-state index in [1.165, 1.54) is 5.56 Å². The summed E-state index contributed by atoms with van der Waals surface area (Å²) in [5, 5.41) is 16.2. The Morgan fingerprint density at radius 3 is 2.58 bits per heavy atom. The molecule has 3 aromatic rings. The molecule has 0 fully saturated rings. The Hall–Kier alpha value is -2.00. The van der Waals surface area contributed by atoms with Gasteiger partial charge in [0.1, 0.15) is 0 Å². The van der Waals surface area contributed by atoms with Crippen molar-refractivity contribution in [3.05, 3.63) is 58.8 Å². The lowest BCUT2D eigenvalue weighted by atomic mass is 10.1. The predicted molar refractivity (Wildman–Crippen MR) is 79.1 cm³/mol. The number of phenolic OH excluding ortho intramolecular Hbond substituents is 1. The number of fused-ring (bicyclic) bond motifs is 1. The summed E-state index contributed by atoms with van der Waals surface area (Å²) in [4.78, 5) is 0. The first-order valence-electron chi connectivity index (χ1n) is 6.18. The van der Waals surface area contributed by atoms with E-state index in [1.54, 1.807) is 17.4 Å². The van der Waals surface area contributed by atoms with E-state index in [0.29, 0.717) is 12.4 Å². The summed E-state index contributed by atoms with van der Waals surface area (Å²) in [6.45, 7) is 0.572. The zero-order chi connectivity index (χ0) is 13.1. The predicted octanol–water partition coefficient (Wildman–Crippen LogP) is 4.23. The molecule has 3 rings (SSSR count). The van der Waals surface area contributed by atoms with E-state index in [4.69, 9.17) is 4.74 Å². The second-order valence-corrected chi connectivity index (χ2v) is 5.18. The second kappa shape index (κ2) is 5.33. The average molecular weight is 270 g/mol. The summed E-state index contributed by atoms with van der Waals surface area (Å²) < 4.78 is 5.67. The maximum absolute atomic E-state index is 9.94. The molecule has 0 bridgehead atoms. The summed E-state index contributed by atoms with van der Waals surface area (Å²) in [7, 11) is 0. The molecular formula is C16H14O2S. The molecule has 2 nitrogen and oxygen atoms in total. The third-order valence-corrected chi connectivity index (χ3v) is 3.79. The molecule has 0 atom stereocenters. The van der Waals surface area contributed by atoms with Crippen LogP contribution in [0.4, 0.5) is 0 Å². The van der Waals surface area contributed by atoms with Crippen LogP contribution in [-0.2, 0) is 6.42 Å². The van der Waals surface area contributed by atoms with Crippen molar-refractivity contribution in [3.8, 4) is 11.5 Å². The summed E-state index contributed by atoms with van der Waals surface area (Å²) in [6, 6.07) is 13.7. The van der Waals surface area contributed by atoms with Crippen LogP contribution in [0.15, 0.2) is 53.2 Å². The van der Waals surface area contributed by atoms with Crippen LogP contribution < -0.4 is 4.74 Å². The van der Waals surface area contributed by atoms with Gasteiger partial charge in [0.2, 0.25) is 0 Å². The fraction of sp³-hybridized carbons (Fsp3) is 0.125. The third kappa shape index (κ3) is 2.71. The molecule has 0 unspecified atom stereocenters. The van der Waals surface area contributed by atoms with Crippen LogP contribution in [0.3, 0.4) is 0 Å². The number of hydrogen-bond acceptors (Lipinski definition) is 3. The van der Waals surface area contributed by atoms with Gasteiger partial charge in [0.15, 0.2) is 11.5 Å². The summed E-state index contributed by atoms with van der Waals surface area (Å²) in [5.74, 6) is 0.748. The molecule has 0 aliphatic carbocycles. The Balaban J connectivity index is 1.75. The van der Waals surface area contributed by atoms with E-state index in [-0.39, 0.29) is 5.75 Å². The van der Waals surface area contributed by atoms with Gasteiger partial charge in [-0.25, -0.2) is 0 Å². The molecular weight excluding hydrogens is 256 g/mol. The van der Waals surface area contributed by atoms with Gasteiger partial charge >= 0.3 is 0 Å². The molecule has 2 aromatic carbocycles. The Bertz CT molecular complexity index is 674.